The molecule has 0 saturated carbocycles. The quantitative estimate of drug-likeness (QED) is 0.0810. The largest absolute Gasteiger partial charge is 0.478 e. The van der Waals surface area contributed by atoms with E-state index in [2.05, 4.69) is 0 Å². The fraction of sp³-hybridized carbons (Fsp3) is 0.195. The zero-order chi connectivity index (χ0) is 40.0. The zero-order valence-corrected chi connectivity index (χ0v) is 30.2. The van der Waals surface area contributed by atoms with Crippen LogP contribution in [0.3, 0.4) is 0 Å². The fourth-order valence-corrected chi connectivity index (χ4v) is 7.76. The third-order valence-electron chi connectivity index (χ3n) is 10.1. The van der Waals surface area contributed by atoms with Crippen molar-refractivity contribution in [3.05, 3.63) is 151 Å². The number of non-ortho nitro benzene ring substituents is 2. The molecule has 4 aromatic rings. The Balaban J connectivity index is 1.61. The first-order chi connectivity index (χ1) is 26.0. The zero-order valence-electron chi connectivity index (χ0n) is 30.2. The number of hydrogen-bond acceptors (Lipinski definition) is 9. The van der Waals surface area contributed by atoms with Crippen LogP contribution in [0, 0.1) is 20.2 Å². The second-order valence-corrected chi connectivity index (χ2v) is 14.0. The number of nitro groups is 2. The summed E-state index contributed by atoms with van der Waals surface area (Å²) >= 11 is 0. The summed E-state index contributed by atoms with van der Waals surface area (Å²) in [6.45, 7) is 6.45. The second kappa shape index (κ2) is 14.0. The first-order valence-corrected chi connectivity index (χ1v) is 17.1. The van der Waals surface area contributed by atoms with E-state index in [0.29, 0.717) is 45.3 Å². The lowest BCUT2D eigenvalue weighted by atomic mass is 9.75. The van der Waals surface area contributed by atoms with Crippen molar-refractivity contribution in [3.8, 4) is 0 Å². The minimum absolute atomic E-state index is 0.0413. The van der Waals surface area contributed by atoms with Crippen molar-refractivity contribution in [3.63, 3.8) is 0 Å². The lowest BCUT2D eigenvalue weighted by molar-refractivity contribution is -0.385. The highest BCUT2D eigenvalue weighted by Crippen LogP contribution is 2.54. The molecule has 2 N–H and O–H groups in total. The van der Waals surface area contributed by atoms with Crippen LogP contribution in [0.4, 0.5) is 34.1 Å². The van der Waals surface area contributed by atoms with Gasteiger partial charge in [0.05, 0.1) is 32.1 Å². The number of fused-ring (bicyclic) bond motifs is 2. The van der Waals surface area contributed by atoms with E-state index in [1.165, 1.54) is 62.4 Å². The number of ketones is 2. The molecule has 2 heterocycles. The highest BCUT2D eigenvalue weighted by Gasteiger charge is 2.50. The first kappa shape index (κ1) is 37.7. The molecule has 0 fully saturated rings. The Hall–Kier alpha value is -7.09. The third-order valence-corrected chi connectivity index (χ3v) is 10.1. The number of carbonyl (C=O) groups is 4. The molecule has 0 radical (unpaired) electrons. The summed E-state index contributed by atoms with van der Waals surface area (Å²) in [7, 11) is 0. The van der Waals surface area contributed by atoms with Gasteiger partial charge >= 0.3 is 11.9 Å². The molecule has 2 atom stereocenters. The molecule has 2 aliphatic rings. The number of benzene rings is 4. The number of nitro benzene ring substituents is 2. The second-order valence-electron chi connectivity index (χ2n) is 14.0. The first-order valence-electron chi connectivity index (χ1n) is 17.1. The van der Waals surface area contributed by atoms with Crippen LogP contribution in [0.5, 0.6) is 0 Å². The molecular weight excluding hydrogens is 708 g/mol. The Morgan fingerprint density at radius 3 is 1.76 bits per heavy atom. The Kier molecular flexibility index (Phi) is 9.62. The van der Waals surface area contributed by atoms with Crippen molar-refractivity contribution in [1.29, 1.82) is 0 Å². The lowest BCUT2D eigenvalue weighted by Crippen LogP contribution is -2.33. The minimum atomic E-state index is -1.13. The van der Waals surface area contributed by atoms with Gasteiger partial charge in [-0.05, 0) is 81.8 Å². The number of allylic oxidation sites excluding steroid dienone is 4. The maximum atomic E-state index is 12.9. The molecule has 14 heteroatoms. The van der Waals surface area contributed by atoms with Crippen LogP contribution in [0.1, 0.15) is 72.4 Å². The molecule has 0 bridgehead atoms. The monoisotopic (exact) mass is 743 g/mol. The summed E-state index contributed by atoms with van der Waals surface area (Å²) in [6.07, 6.45) is 5.12. The van der Waals surface area contributed by atoms with Crippen molar-refractivity contribution in [2.24, 2.45) is 0 Å². The van der Waals surface area contributed by atoms with E-state index < -0.39 is 32.6 Å². The van der Waals surface area contributed by atoms with Crippen LogP contribution in [-0.4, -0.2) is 49.3 Å². The highest BCUT2D eigenvalue weighted by atomic mass is 16.6. The average molecular weight is 744 g/mol. The van der Waals surface area contributed by atoms with E-state index in [1.807, 2.05) is 9.48 Å². The molecule has 4 aromatic carbocycles. The number of carboxylic acid groups (broad SMARTS) is 2. The smallest absolute Gasteiger partial charge is 0.335 e. The van der Waals surface area contributed by atoms with Crippen LogP contribution in [0.25, 0.3) is 0 Å². The summed E-state index contributed by atoms with van der Waals surface area (Å²) in [4.78, 5) is 73.8. The van der Waals surface area contributed by atoms with Crippen LogP contribution < -0.4 is 9.48 Å². The molecule has 6 rings (SSSR count). The average Bonchev–Trinajstić information content (AvgIpc) is 3.50. The van der Waals surface area contributed by atoms with Crippen molar-refractivity contribution in [1.82, 2.24) is 4.58 Å². The molecule has 0 saturated heterocycles. The predicted octanol–water partition coefficient (Wildman–Crippen LogP) is 7.95. The van der Waals surface area contributed by atoms with Crippen LogP contribution in [0.15, 0.2) is 109 Å². The van der Waals surface area contributed by atoms with Crippen molar-refractivity contribution < 1.29 is 39.2 Å². The molecule has 2 aliphatic heterocycles. The molecule has 2 unspecified atom stereocenters. The standard InChI is InChI=1S/C41H34N4O10/c1-24(46)22-40(3)32-20-30(44(52)53)16-18-34(32)42(28-12-8-26(9-13-28)38(48)49)36(40)6-5-7-37-41(4,23-25(2)47)33-21-31(45(54)55)17-19-35(33)43(37)29-14-10-27(11-15-29)39(50)51/h5-21H,22-23H2,1-4H3,(H-,48,49,50,51)/p+1. The van der Waals surface area contributed by atoms with Crippen LogP contribution >= 0.6 is 0 Å². The van der Waals surface area contributed by atoms with Gasteiger partial charge in [-0.25, -0.2) is 9.59 Å². The van der Waals surface area contributed by atoms with Gasteiger partial charge in [-0.2, -0.15) is 4.58 Å². The van der Waals surface area contributed by atoms with Gasteiger partial charge in [-0.1, -0.05) is 6.08 Å². The normalized spacial score (nSPS) is 19.4. The molecule has 0 amide bonds. The number of anilines is 2. The summed E-state index contributed by atoms with van der Waals surface area (Å²) in [6, 6.07) is 20.9. The minimum Gasteiger partial charge on any atom is -0.478 e. The van der Waals surface area contributed by atoms with Crippen LogP contribution in [-0.2, 0) is 20.4 Å². The number of aromatic carboxylic acids is 2. The number of Topliss-reactive ketones (excluding diaryl/α,β-unsaturated/α-hetero) is 2. The van der Waals surface area contributed by atoms with Gasteiger partial charge in [0.15, 0.2) is 5.71 Å². The van der Waals surface area contributed by atoms with Gasteiger partial charge in [0.1, 0.15) is 11.6 Å². The molecule has 14 nitrogen and oxygen atoms in total. The third kappa shape index (κ3) is 6.69. The summed E-state index contributed by atoms with van der Waals surface area (Å²) in [5.74, 6) is -2.63. The number of rotatable bonds is 12. The Labute approximate surface area is 314 Å². The Morgan fingerprint density at radius 1 is 0.727 bits per heavy atom. The summed E-state index contributed by atoms with van der Waals surface area (Å²) < 4.78 is 1.81. The number of carbonyl (C=O) groups excluding carboxylic acids is 2. The number of nitrogens with zero attached hydrogens (tertiary/aromatic N) is 4. The van der Waals surface area contributed by atoms with Crippen LogP contribution in [0.2, 0.25) is 0 Å². The summed E-state index contributed by atoms with van der Waals surface area (Å²) in [5, 5.41) is 43.0. The van der Waals surface area contributed by atoms with E-state index in [-0.39, 0.29) is 46.9 Å². The Bertz CT molecular complexity index is 2430. The van der Waals surface area contributed by atoms with Crippen molar-refractivity contribution in [2.75, 3.05) is 4.90 Å². The molecular formula is C41H35N4O10+. The maximum Gasteiger partial charge on any atom is 0.335 e. The van der Waals surface area contributed by atoms with Gasteiger partial charge in [0.2, 0.25) is 11.4 Å². The van der Waals surface area contributed by atoms with Crippen molar-refractivity contribution in [2.45, 2.75) is 51.4 Å². The van der Waals surface area contributed by atoms with E-state index in [1.54, 1.807) is 68.5 Å². The molecule has 0 aromatic heterocycles. The fourth-order valence-electron chi connectivity index (χ4n) is 7.76. The van der Waals surface area contributed by atoms with Gasteiger partial charge in [-0.15, -0.1) is 0 Å². The van der Waals surface area contributed by atoms with E-state index in [4.69, 9.17) is 0 Å². The highest BCUT2D eigenvalue weighted by molar-refractivity contribution is 6.12. The van der Waals surface area contributed by atoms with Gasteiger partial charge in [0.25, 0.3) is 11.4 Å². The molecule has 55 heavy (non-hydrogen) atoms. The van der Waals surface area contributed by atoms with E-state index in [0.717, 1.165) is 0 Å². The molecule has 0 spiro atoms. The molecule has 278 valence electrons. The van der Waals surface area contributed by atoms with Gasteiger partial charge in [0, 0.05) is 83.7 Å². The topological polar surface area (TPSA) is 201 Å². The predicted molar refractivity (Wildman–Crippen MR) is 204 cm³/mol. The SMILES string of the molecule is CC(=O)CC1(C)C(/C=C/C=C2\N(c3ccc(C(=O)O)cc3)c3ccc([N+](=O)[O-])cc3C2(C)CC(C)=O)=[N+](c2ccc(C(=O)O)cc2)c2ccc([N+](=O)[O-])cc21. The van der Waals surface area contributed by atoms with Crippen molar-refractivity contribution >= 4 is 63.3 Å². The van der Waals surface area contributed by atoms with E-state index in [9.17, 15) is 49.6 Å². The lowest BCUT2D eigenvalue weighted by Gasteiger charge is -2.29. The van der Waals surface area contributed by atoms with Gasteiger partial charge in [-0.3, -0.25) is 29.8 Å². The maximum absolute atomic E-state index is 12.9. The van der Waals surface area contributed by atoms with Gasteiger partial charge < -0.3 is 15.1 Å². The molecule has 0 aliphatic carbocycles. The Morgan fingerprint density at radius 2 is 1.24 bits per heavy atom. The number of carboxylic acids is 2. The summed E-state index contributed by atoms with van der Waals surface area (Å²) in [5.41, 5.74) is 1.76. The number of hydrogen-bond donors (Lipinski definition) is 2. The van der Waals surface area contributed by atoms with E-state index >= 15 is 0 Å².